The van der Waals surface area contributed by atoms with E-state index < -0.39 is 10.9 Å². The van der Waals surface area contributed by atoms with E-state index in [0.29, 0.717) is 17.5 Å². The van der Waals surface area contributed by atoms with Gasteiger partial charge >= 0.3 is 5.97 Å². The summed E-state index contributed by atoms with van der Waals surface area (Å²) in [6.07, 6.45) is 0.636. The molecule has 130 valence electrons. The lowest BCUT2D eigenvalue weighted by molar-refractivity contribution is -0.385. The highest BCUT2D eigenvalue weighted by Crippen LogP contribution is 2.20. The molecule has 7 heteroatoms. The zero-order valence-electron chi connectivity index (χ0n) is 13.5. The molecule has 25 heavy (non-hydrogen) atoms. The van der Waals surface area contributed by atoms with Crippen molar-refractivity contribution in [3.63, 3.8) is 0 Å². The second-order valence-electron chi connectivity index (χ2n) is 5.43. The Hall–Kier alpha value is -2.54. The van der Waals surface area contributed by atoms with Gasteiger partial charge in [0.05, 0.1) is 17.1 Å². The third-order valence-corrected chi connectivity index (χ3v) is 4.12. The molecule has 0 saturated carbocycles. The van der Waals surface area contributed by atoms with E-state index in [0.717, 1.165) is 4.47 Å². The number of hydrogen-bond acceptors (Lipinski definition) is 5. The lowest BCUT2D eigenvalue weighted by Gasteiger charge is -2.06. The van der Waals surface area contributed by atoms with E-state index >= 15 is 0 Å². The maximum absolute atomic E-state index is 12.0. The third-order valence-electron chi connectivity index (χ3n) is 3.59. The predicted octanol–water partition coefficient (Wildman–Crippen LogP) is 4.49. The highest BCUT2D eigenvalue weighted by molar-refractivity contribution is 9.10. The van der Waals surface area contributed by atoms with E-state index in [4.69, 9.17) is 4.74 Å². The summed E-state index contributed by atoms with van der Waals surface area (Å²) in [5.41, 5.74) is 1.07. The van der Waals surface area contributed by atoms with Crippen LogP contribution in [0.2, 0.25) is 0 Å². The van der Waals surface area contributed by atoms with E-state index in [9.17, 15) is 19.7 Å². The first-order valence-electron chi connectivity index (χ1n) is 7.59. The Morgan fingerprint density at radius 3 is 2.40 bits per heavy atom. The second kappa shape index (κ2) is 8.53. The maximum atomic E-state index is 12.0. The minimum Gasteiger partial charge on any atom is -0.462 e. The Kier molecular flexibility index (Phi) is 6.41. The minimum atomic E-state index is -0.640. The maximum Gasteiger partial charge on any atom is 0.338 e. The van der Waals surface area contributed by atoms with Gasteiger partial charge < -0.3 is 4.74 Å². The number of benzene rings is 2. The van der Waals surface area contributed by atoms with Crippen LogP contribution in [0.4, 0.5) is 5.69 Å². The van der Waals surface area contributed by atoms with Gasteiger partial charge in [0.2, 0.25) is 0 Å². The lowest BCUT2D eigenvalue weighted by atomic mass is 10.1. The van der Waals surface area contributed by atoms with Crippen LogP contribution in [0.5, 0.6) is 0 Å². The predicted molar refractivity (Wildman–Crippen MR) is 95.8 cm³/mol. The van der Waals surface area contributed by atoms with E-state index in [1.165, 1.54) is 18.2 Å². The summed E-state index contributed by atoms with van der Waals surface area (Å²) in [4.78, 5) is 34.3. The van der Waals surface area contributed by atoms with Gasteiger partial charge in [-0.1, -0.05) is 34.1 Å². The number of carbonyl (C=O) groups is 2. The number of nitrogens with zero attached hydrogens (tertiary/aromatic N) is 1. The SMILES string of the molecule is Cc1ccc(C(=O)OCCCC(=O)c2ccc(Br)cc2)cc1[N+](=O)[O-]. The monoisotopic (exact) mass is 405 g/mol. The number of Topliss-reactive ketones (excluding diaryl/α,β-unsaturated/α-hetero) is 1. The highest BCUT2D eigenvalue weighted by Gasteiger charge is 2.16. The summed E-state index contributed by atoms with van der Waals surface area (Å²) in [7, 11) is 0. The average molecular weight is 406 g/mol. The van der Waals surface area contributed by atoms with Gasteiger partial charge in [-0.15, -0.1) is 0 Å². The molecule has 2 aromatic rings. The molecule has 0 aliphatic carbocycles. The molecule has 6 nitrogen and oxygen atoms in total. The standard InChI is InChI=1S/C18H16BrNO5/c1-12-4-5-14(11-16(12)20(23)24)18(22)25-10-2-3-17(21)13-6-8-15(19)9-7-13/h4-9,11H,2-3,10H2,1H3. The molecule has 0 atom stereocenters. The van der Waals surface area contributed by atoms with Crippen LogP contribution in [-0.2, 0) is 4.74 Å². The van der Waals surface area contributed by atoms with Gasteiger partial charge in [-0.2, -0.15) is 0 Å². The van der Waals surface area contributed by atoms with Crippen LogP contribution in [0, 0.1) is 17.0 Å². The Morgan fingerprint density at radius 1 is 1.12 bits per heavy atom. The molecule has 0 unspecified atom stereocenters. The summed E-state index contributed by atoms with van der Waals surface area (Å²) in [5, 5.41) is 10.9. The van der Waals surface area contributed by atoms with Gasteiger partial charge in [0.15, 0.2) is 5.78 Å². The van der Waals surface area contributed by atoms with Crippen molar-refractivity contribution in [1.82, 2.24) is 0 Å². The average Bonchev–Trinajstić information content (AvgIpc) is 2.59. The van der Waals surface area contributed by atoms with Crippen LogP contribution < -0.4 is 0 Å². The van der Waals surface area contributed by atoms with Crippen LogP contribution in [0.15, 0.2) is 46.9 Å². The van der Waals surface area contributed by atoms with Crippen molar-refractivity contribution in [3.8, 4) is 0 Å². The van der Waals surface area contributed by atoms with Crippen LogP contribution in [0.25, 0.3) is 0 Å². The lowest BCUT2D eigenvalue weighted by Crippen LogP contribution is -2.09. The van der Waals surface area contributed by atoms with Gasteiger partial charge in [0.25, 0.3) is 5.69 Å². The summed E-state index contributed by atoms with van der Waals surface area (Å²) in [6, 6.07) is 11.2. The van der Waals surface area contributed by atoms with E-state index in [1.807, 2.05) is 0 Å². The number of hydrogen-bond donors (Lipinski definition) is 0. The second-order valence-corrected chi connectivity index (χ2v) is 6.34. The molecule has 0 spiro atoms. The molecule has 0 heterocycles. The molecule has 0 fully saturated rings. The van der Waals surface area contributed by atoms with Gasteiger partial charge in [0.1, 0.15) is 0 Å². The van der Waals surface area contributed by atoms with Gasteiger partial charge in [-0.25, -0.2) is 4.79 Å². The fraction of sp³-hybridized carbons (Fsp3) is 0.222. The van der Waals surface area contributed by atoms with Crippen molar-refractivity contribution in [2.24, 2.45) is 0 Å². The van der Waals surface area contributed by atoms with Crippen molar-refractivity contribution in [3.05, 3.63) is 73.7 Å². The topological polar surface area (TPSA) is 86.5 Å². The number of aryl methyl sites for hydroxylation is 1. The molecule has 2 rings (SSSR count). The molecular weight excluding hydrogens is 390 g/mol. The summed E-state index contributed by atoms with van der Waals surface area (Å²) in [6.45, 7) is 1.67. The molecule has 2 aromatic carbocycles. The number of nitro benzene ring substituents is 1. The van der Waals surface area contributed by atoms with Gasteiger partial charge in [-0.3, -0.25) is 14.9 Å². The Labute approximate surface area is 153 Å². The Balaban J connectivity index is 1.84. The van der Waals surface area contributed by atoms with Crippen LogP contribution in [-0.4, -0.2) is 23.3 Å². The van der Waals surface area contributed by atoms with E-state index in [-0.39, 0.29) is 30.1 Å². The number of ether oxygens (including phenoxy) is 1. The Morgan fingerprint density at radius 2 is 1.76 bits per heavy atom. The molecule has 0 N–H and O–H groups in total. The van der Waals surface area contributed by atoms with Gasteiger partial charge in [-0.05, 0) is 31.5 Å². The molecule has 0 radical (unpaired) electrons. The van der Waals surface area contributed by atoms with Crippen molar-refractivity contribution in [2.45, 2.75) is 19.8 Å². The van der Waals surface area contributed by atoms with E-state index in [2.05, 4.69) is 15.9 Å². The number of rotatable bonds is 7. The summed E-state index contributed by atoms with van der Waals surface area (Å²) < 4.78 is 5.98. The quantitative estimate of drug-likeness (QED) is 0.222. The summed E-state index contributed by atoms with van der Waals surface area (Å²) >= 11 is 3.30. The Bertz CT molecular complexity index is 802. The normalized spacial score (nSPS) is 10.3. The first-order chi connectivity index (χ1) is 11.9. The van der Waals surface area contributed by atoms with Crippen molar-refractivity contribution >= 4 is 33.4 Å². The number of carbonyl (C=O) groups excluding carboxylic acids is 2. The molecule has 0 aliphatic rings. The zero-order valence-corrected chi connectivity index (χ0v) is 15.1. The van der Waals surface area contributed by atoms with Gasteiger partial charge in [0, 0.05) is 28.1 Å². The fourth-order valence-corrected chi connectivity index (χ4v) is 2.46. The van der Waals surface area contributed by atoms with E-state index in [1.54, 1.807) is 31.2 Å². The van der Waals surface area contributed by atoms with Crippen LogP contribution in [0.3, 0.4) is 0 Å². The van der Waals surface area contributed by atoms with Crippen LogP contribution in [0.1, 0.15) is 39.1 Å². The number of ketones is 1. The molecule has 0 aromatic heterocycles. The number of nitro groups is 1. The first kappa shape index (κ1) is 18.8. The zero-order chi connectivity index (χ0) is 18.4. The molecule has 0 amide bonds. The fourth-order valence-electron chi connectivity index (χ4n) is 2.19. The first-order valence-corrected chi connectivity index (χ1v) is 8.38. The molecule has 0 saturated heterocycles. The van der Waals surface area contributed by atoms with Crippen molar-refractivity contribution in [1.29, 1.82) is 0 Å². The molecule has 0 aliphatic heterocycles. The van der Waals surface area contributed by atoms with Crippen molar-refractivity contribution < 1.29 is 19.2 Å². The molecule has 0 bridgehead atoms. The summed E-state index contributed by atoms with van der Waals surface area (Å²) in [5.74, 6) is -0.672. The smallest absolute Gasteiger partial charge is 0.338 e. The highest BCUT2D eigenvalue weighted by atomic mass is 79.9. The van der Waals surface area contributed by atoms with Crippen LogP contribution >= 0.6 is 15.9 Å². The largest absolute Gasteiger partial charge is 0.462 e. The number of esters is 1. The van der Waals surface area contributed by atoms with Crippen molar-refractivity contribution in [2.75, 3.05) is 6.61 Å². The number of halogens is 1. The minimum absolute atomic E-state index is 0.0328. The third kappa shape index (κ3) is 5.22. The molecular formula is C18H16BrNO5.